The summed E-state index contributed by atoms with van der Waals surface area (Å²) < 4.78 is 7.59. The van der Waals surface area contributed by atoms with Crippen LogP contribution in [0.2, 0.25) is 0 Å². The minimum Gasteiger partial charge on any atom is -0.379 e. The maximum atomic E-state index is 13.5. The van der Waals surface area contributed by atoms with E-state index in [4.69, 9.17) is 9.84 Å². The molecule has 4 heterocycles. The van der Waals surface area contributed by atoms with Gasteiger partial charge in [-0.15, -0.1) is 6.58 Å². The van der Waals surface area contributed by atoms with Crippen LogP contribution in [0.1, 0.15) is 66.7 Å². The Kier molecular flexibility index (Phi) is 7.48. The van der Waals surface area contributed by atoms with Crippen molar-refractivity contribution in [2.75, 3.05) is 52.5 Å². The third kappa shape index (κ3) is 5.05. The van der Waals surface area contributed by atoms with Crippen LogP contribution in [0.25, 0.3) is 0 Å². The second kappa shape index (κ2) is 10.7. The van der Waals surface area contributed by atoms with E-state index in [1.165, 1.54) is 36.9 Å². The number of hydrogen-bond acceptors (Lipinski definition) is 5. The molecule has 0 saturated carbocycles. The molecule has 0 spiro atoms. The zero-order valence-corrected chi connectivity index (χ0v) is 20.2. The maximum absolute atomic E-state index is 13.5. The zero-order chi connectivity index (χ0) is 22.6. The van der Waals surface area contributed by atoms with Gasteiger partial charge in [-0.25, -0.2) is 0 Å². The molecule has 1 unspecified atom stereocenters. The van der Waals surface area contributed by atoms with Crippen molar-refractivity contribution in [1.29, 1.82) is 0 Å². The minimum absolute atomic E-state index is 0.155. The predicted molar refractivity (Wildman–Crippen MR) is 130 cm³/mol. The van der Waals surface area contributed by atoms with Crippen molar-refractivity contribution in [2.24, 2.45) is 0 Å². The fourth-order valence-electron chi connectivity index (χ4n) is 6.41. The first-order valence-corrected chi connectivity index (χ1v) is 13.3. The number of hydrogen-bond donors (Lipinski definition) is 0. The largest absolute Gasteiger partial charge is 0.379 e. The molecule has 1 aromatic rings. The Bertz CT molecular complexity index is 815. The molecule has 0 aromatic carbocycles. The topological polar surface area (TPSA) is 53.8 Å². The van der Waals surface area contributed by atoms with Crippen LogP contribution in [0, 0.1) is 0 Å². The van der Waals surface area contributed by atoms with Crippen LogP contribution >= 0.6 is 0 Å². The number of likely N-dealkylation sites (tertiary alicyclic amines) is 2. The normalized spacial score (nSPS) is 26.1. The van der Waals surface area contributed by atoms with Crippen molar-refractivity contribution in [2.45, 2.75) is 76.4 Å². The van der Waals surface area contributed by atoms with Gasteiger partial charge >= 0.3 is 0 Å². The van der Waals surface area contributed by atoms with Crippen LogP contribution in [-0.2, 0) is 24.1 Å². The number of nitrogens with zero attached hydrogens (tertiary/aromatic N) is 5. The molecular weight excluding hydrogens is 414 g/mol. The quantitative estimate of drug-likeness (QED) is 0.639. The SMILES string of the molecule is C=CCn1nc(C(=O)N2CCCCCC2)c2c1CCC(N1CCC(N3CCOCC3)CC1)C2. The fraction of sp³-hybridized carbons (Fsp3) is 0.769. The van der Waals surface area contributed by atoms with E-state index in [2.05, 4.69) is 21.3 Å². The van der Waals surface area contributed by atoms with Crippen molar-refractivity contribution in [3.63, 3.8) is 0 Å². The van der Waals surface area contributed by atoms with E-state index >= 15 is 0 Å². The number of carbonyl (C=O) groups excluding carboxylic acids is 1. The number of amides is 1. The molecule has 1 amide bonds. The number of morpholine rings is 1. The van der Waals surface area contributed by atoms with Crippen LogP contribution < -0.4 is 0 Å². The molecule has 7 nitrogen and oxygen atoms in total. The van der Waals surface area contributed by atoms with Gasteiger partial charge in [-0.2, -0.15) is 5.10 Å². The number of carbonyl (C=O) groups is 1. The van der Waals surface area contributed by atoms with Crippen molar-refractivity contribution >= 4 is 5.91 Å². The van der Waals surface area contributed by atoms with E-state index in [0.29, 0.717) is 18.6 Å². The van der Waals surface area contributed by atoms with Crippen molar-refractivity contribution in [1.82, 2.24) is 24.5 Å². The van der Waals surface area contributed by atoms with Crippen molar-refractivity contribution < 1.29 is 9.53 Å². The van der Waals surface area contributed by atoms with Gasteiger partial charge in [-0.05, 0) is 58.0 Å². The molecule has 0 bridgehead atoms. The molecule has 3 saturated heterocycles. The highest BCUT2D eigenvalue weighted by atomic mass is 16.5. The lowest BCUT2D eigenvalue weighted by molar-refractivity contribution is -0.00398. The summed E-state index contributed by atoms with van der Waals surface area (Å²) >= 11 is 0. The predicted octanol–water partition coefficient (Wildman–Crippen LogP) is 2.74. The molecule has 4 aliphatic rings. The lowest BCUT2D eigenvalue weighted by Gasteiger charge is -2.43. The van der Waals surface area contributed by atoms with Gasteiger partial charge < -0.3 is 9.64 Å². The summed E-state index contributed by atoms with van der Waals surface area (Å²) in [5, 5.41) is 4.86. The van der Waals surface area contributed by atoms with Gasteiger partial charge in [0.05, 0.1) is 19.8 Å². The molecule has 0 radical (unpaired) electrons. The fourth-order valence-corrected chi connectivity index (χ4v) is 6.41. The number of rotatable bonds is 5. The maximum Gasteiger partial charge on any atom is 0.274 e. The summed E-state index contributed by atoms with van der Waals surface area (Å²) in [6, 6.07) is 1.24. The zero-order valence-electron chi connectivity index (χ0n) is 20.2. The van der Waals surface area contributed by atoms with E-state index in [1.807, 2.05) is 10.8 Å². The molecule has 5 rings (SSSR count). The summed E-state index contributed by atoms with van der Waals surface area (Å²) in [6.07, 6.45) is 12.2. The Balaban J connectivity index is 1.28. The van der Waals surface area contributed by atoms with Crippen LogP contribution in [0.3, 0.4) is 0 Å². The molecule has 1 aromatic heterocycles. The lowest BCUT2D eigenvalue weighted by Crippen LogP contribution is -2.51. The van der Waals surface area contributed by atoms with Gasteiger partial charge in [0.1, 0.15) is 0 Å². The summed E-state index contributed by atoms with van der Waals surface area (Å²) in [4.78, 5) is 20.9. The summed E-state index contributed by atoms with van der Waals surface area (Å²) in [5.74, 6) is 0.155. The smallest absolute Gasteiger partial charge is 0.274 e. The average molecular weight is 456 g/mol. The highest BCUT2D eigenvalue weighted by Crippen LogP contribution is 2.31. The summed E-state index contributed by atoms with van der Waals surface area (Å²) in [5.41, 5.74) is 3.21. The Hall–Kier alpha value is -1.70. The lowest BCUT2D eigenvalue weighted by atomic mass is 9.88. The van der Waals surface area contributed by atoms with Gasteiger partial charge in [0.25, 0.3) is 5.91 Å². The summed E-state index contributed by atoms with van der Waals surface area (Å²) in [6.45, 7) is 12.6. The number of allylic oxidation sites excluding steroid dienone is 1. The van der Waals surface area contributed by atoms with E-state index in [0.717, 1.165) is 90.3 Å². The Morgan fingerprint density at radius 3 is 2.33 bits per heavy atom. The molecule has 3 aliphatic heterocycles. The Morgan fingerprint density at radius 1 is 0.939 bits per heavy atom. The van der Waals surface area contributed by atoms with Crippen molar-refractivity contribution in [3.05, 3.63) is 29.6 Å². The second-order valence-corrected chi connectivity index (χ2v) is 10.3. The molecule has 7 heteroatoms. The molecule has 1 atom stereocenters. The number of piperidine rings is 1. The van der Waals surface area contributed by atoms with E-state index < -0.39 is 0 Å². The standard InChI is InChI=1S/C26H41N5O2/c1-2-11-31-24-8-7-22(28-14-9-21(10-15-28)29-16-18-33-19-17-29)20-23(24)25(27-31)26(32)30-12-5-3-4-6-13-30/h2,21-22H,1,3-20H2. The monoisotopic (exact) mass is 455 g/mol. The first-order chi connectivity index (χ1) is 16.2. The second-order valence-electron chi connectivity index (χ2n) is 10.3. The first-order valence-electron chi connectivity index (χ1n) is 13.3. The Labute approximate surface area is 198 Å². The van der Waals surface area contributed by atoms with Crippen LogP contribution in [-0.4, -0.2) is 95.0 Å². The first kappa shape index (κ1) is 23.1. The molecule has 1 aliphatic carbocycles. The number of ether oxygens (including phenoxy) is 1. The van der Waals surface area contributed by atoms with Crippen molar-refractivity contribution in [3.8, 4) is 0 Å². The third-order valence-corrected chi connectivity index (χ3v) is 8.30. The van der Waals surface area contributed by atoms with Crippen LogP contribution in [0.5, 0.6) is 0 Å². The van der Waals surface area contributed by atoms with Crippen LogP contribution in [0.15, 0.2) is 12.7 Å². The molecule has 3 fully saturated rings. The highest BCUT2D eigenvalue weighted by molar-refractivity contribution is 5.94. The van der Waals surface area contributed by atoms with Crippen LogP contribution in [0.4, 0.5) is 0 Å². The van der Waals surface area contributed by atoms with Gasteiger partial charge in [-0.3, -0.25) is 19.3 Å². The van der Waals surface area contributed by atoms with Gasteiger partial charge in [0.2, 0.25) is 0 Å². The third-order valence-electron chi connectivity index (χ3n) is 8.30. The minimum atomic E-state index is 0.155. The van der Waals surface area contributed by atoms with E-state index in [9.17, 15) is 4.79 Å². The van der Waals surface area contributed by atoms with Gasteiger partial charge in [0.15, 0.2) is 5.69 Å². The van der Waals surface area contributed by atoms with Gasteiger partial charge in [0, 0.05) is 49.5 Å². The molecule has 0 N–H and O–H groups in total. The molecular formula is C26H41N5O2. The highest BCUT2D eigenvalue weighted by Gasteiger charge is 2.35. The van der Waals surface area contributed by atoms with Gasteiger partial charge in [-0.1, -0.05) is 18.9 Å². The van der Waals surface area contributed by atoms with E-state index in [1.54, 1.807) is 0 Å². The average Bonchev–Trinajstić information content (AvgIpc) is 3.03. The Morgan fingerprint density at radius 2 is 1.64 bits per heavy atom. The molecule has 33 heavy (non-hydrogen) atoms. The van der Waals surface area contributed by atoms with E-state index in [-0.39, 0.29) is 5.91 Å². The molecule has 182 valence electrons. The number of aromatic nitrogens is 2. The number of fused-ring (bicyclic) bond motifs is 1. The summed E-state index contributed by atoms with van der Waals surface area (Å²) in [7, 11) is 0.